The number of carbonyl (C=O) groups excluding carboxylic acids is 1. The molecule has 3 aromatic heterocycles. The number of pyridine rings is 1. The summed E-state index contributed by atoms with van der Waals surface area (Å²) >= 11 is 1.40. The molecule has 8 nitrogen and oxygen atoms in total. The summed E-state index contributed by atoms with van der Waals surface area (Å²) < 4.78 is 41.7. The van der Waals surface area contributed by atoms with Gasteiger partial charge < -0.3 is 10.6 Å². The molecule has 2 aromatic carbocycles. The number of thiazole rings is 1. The lowest BCUT2D eigenvalue weighted by molar-refractivity contribution is -0.137. The molecule has 0 spiro atoms. The zero-order valence-electron chi connectivity index (χ0n) is 19.2. The van der Waals surface area contributed by atoms with Gasteiger partial charge in [0.25, 0.3) is 5.91 Å². The number of amides is 1. The molecule has 3 heterocycles. The van der Waals surface area contributed by atoms with Crippen molar-refractivity contribution in [3.05, 3.63) is 95.6 Å². The van der Waals surface area contributed by atoms with Crippen molar-refractivity contribution in [3.63, 3.8) is 0 Å². The monoisotopic (exact) mass is 521 g/mol. The van der Waals surface area contributed by atoms with Crippen molar-refractivity contribution in [2.75, 3.05) is 10.6 Å². The third-order valence-corrected chi connectivity index (χ3v) is 6.15. The third-order valence-electron chi connectivity index (χ3n) is 5.39. The number of hydrogen-bond donors (Lipinski definition) is 2. The van der Waals surface area contributed by atoms with E-state index >= 15 is 0 Å². The van der Waals surface area contributed by atoms with Crippen molar-refractivity contribution in [1.82, 2.24) is 24.7 Å². The fourth-order valence-corrected chi connectivity index (χ4v) is 4.25. The minimum atomic E-state index is -4.61. The molecule has 0 fully saturated rings. The summed E-state index contributed by atoms with van der Waals surface area (Å²) in [4.78, 5) is 25.4. The van der Waals surface area contributed by atoms with Gasteiger partial charge in [0.1, 0.15) is 12.7 Å². The van der Waals surface area contributed by atoms with E-state index < -0.39 is 17.6 Å². The molecule has 0 bridgehead atoms. The topological polar surface area (TPSA) is 97.6 Å². The number of hydrogen-bond acceptors (Lipinski definition) is 7. The second-order valence-electron chi connectivity index (χ2n) is 7.99. The van der Waals surface area contributed by atoms with Gasteiger partial charge in [-0.05, 0) is 55.0 Å². The first-order chi connectivity index (χ1) is 17.8. The molecule has 0 radical (unpaired) electrons. The van der Waals surface area contributed by atoms with Gasteiger partial charge in [-0.1, -0.05) is 6.07 Å². The first kappa shape index (κ1) is 24.1. The van der Waals surface area contributed by atoms with Crippen LogP contribution in [0.15, 0.2) is 79.0 Å². The smallest absolute Gasteiger partial charge is 0.331 e. The van der Waals surface area contributed by atoms with Gasteiger partial charge in [0, 0.05) is 40.3 Å². The van der Waals surface area contributed by atoms with E-state index in [2.05, 4.69) is 30.7 Å². The highest BCUT2D eigenvalue weighted by molar-refractivity contribution is 7.14. The highest BCUT2D eigenvalue weighted by atomic mass is 32.1. The Hall–Kier alpha value is -4.58. The van der Waals surface area contributed by atoms with Gasteiger partial charge in [0.15, 0.2) is 5.13 Å². The van der Waals surface area contributed by atoms with Crippen molar-refractivity contribution in [3.8, 4) is 16.9 Å². The third kappa shape index (κ3) is 5.48. The highest BCUT2D eigenvalue weighted by Gasteiger charge is 2.31. The van der Waals surface area contributed by atoms with E-state index in [-0.39, 0.29) is 16.9 Å². The molecular formula is C25H18F3N7OS. The van der Waals surface area contributed by atoms with Crippen LogP contribution in [0, 0.1) is 6.92 Å². The van der Waals surface area contributed by atoms with Gasteiger partial charge in [-0.3, -0.25) is 9.78 Å². The van der Waals surface area contributed by atoms with E-state index in [1.807, 2.05) is 24.4 Å². The molecule has 12 heteroatoms. The predicted molar refractivity (Wildman–Crippen MR) is 134 cm³/mol. The normalized spacial score (nSPS) is 11.4. The number of rotatable bonds is 6. The quantitative estimate of drug-likeness (QED) is 0.280. The summed E-state index contributed by atoms with van der Waals surface area (Å²) in [6.07, 6.45) is 1.28. The van der Waals surface area contributed by atoms with Crippen LogP contribution in [0.3, 0.4) is 0 Å². The van der Waals surface area contributed by atoms with Gasteiger partial charge in [-0.25, -0.2) is 14.6 Å². The fourth-order valence-electron chi connectivity index (χ4n) is 3.52. The van der Waals surface area contributed by atoms with Crippen molar-refractivity contribution >= 4 is 33.8 Å². The molecule has 0 aliphatic heterocycles. The van der Waals surface area contributed by atoms with E-state index in [1.54, 1.807) is 30.6 Å². The van der Waals surface area contributed by atoms with Gasteiger partial charge in [-0.15, -0.1) is 11.3 Å². The average molecular weight is 522 g/mol. The van der Waals surface area contributed by atoms with Crippen molar-refractivity contribution in [2.24, 2.45) is 0 Å². The number of benzene rings is 2. The maximum atomic E-state index is 13.5. The molecule has 0 unspecified atom stereocenters. The van der Waals surface area contributed by atoms with E-state index in [0.29, 0.717) is 10.8 Å². The summed E-state index contributed by atoms with van der Waals surface area (Å²) in [6, 6.07) is 11.9. The largest absolute Gasteiger partial charge is 0.416 e. The Bertz CT molecular complexity index is 1550. The molecule has 0 saturated carbocycles. The number of aromatic nitrogens is 5. The van der Waals surface area contributed by atoms with E-state index in [1.165, 1.54) is 34.7 Å². The van der Waals surface area contributed by atoms with Gasteiger partial charge in [0.05, 0.1) is 16.9 Å². The first-order valence-electron chi connectivity index (χ1n) is 10.9. The van der Waals surface area contributed by atoms with Crippen molar-refractivity contribution in [2.45, 2.75) is 13.1 Å². The Morgan fingerprint density at radius 2 is 1.95 bits per heavy atom. The van der Waals surface area contributed by atoms with Crippen LogP contribution in [0.1, 0.15) is 21.5 Å². The molecule has 186 valence electrons. The molecule has 0 aliphatic carbocycles. The molecule has 0 atom stereocenters. The molecule has 37 heavy (non-hydrogen) atoms. The average Bonchev–Trinajstić information content (AvgIpc) is 3.58. The molecular weight excluding hydrogens is 503 g/mol. The highest BCUT2D eigenvalue weighted by Crippen LogP contribution is 2.33. The Labute approximate surface area is 212 Å². The number of anilines is 3. The van der Waals surface area contributed by atoms with Crippen LogP contribution < -0.4 is 10.6 Å². The van der Waals surface area contributed by atoms with Crippen LogP contribution in [-0.2, 0) is 6.18 Å². The molecule has 1 amide bonds. The number of alkyl halides is 3. The predicted octanol–water partition coefficient (Wildman–Crippen LogP) is 6.11. The van der Waals surface area contributed by atoms with Crippen LogP contribution >= 0.6 is 11.3 Å². The van der Waals surface area contributed by atoms with Gasteiger partial charge in [-0.2, -0.15) is 18.3 Å². The van der Waals surface area contributed by atoms with E-state index in [0.717, 1.165) is 29.0 Å². The summed E-state index contributed by atoms with van der Waals surface area (Å²) in [5, 5.41) is 12.2. The number of nitrogens with one attached hydrogen (secondary N) is 2. The Balaban J connectivity index is 1.38. The van der Waals surface area contributed by atoms with E-state index in [4.69, 9.17) is 0 Å². The maximum absolute atomic E-state index is 13.5. The Morgan fingerprint density at radius 1 is 1.08 bits per heavy atom. The zero-order chi connectivity index (χ0) is 26.0. The van der Waals surface area contributed by atoms with Crippen LogP contribution in [-0.4, -0.2) is 30.6 Å². The summed E-state index contributed by atoms with van der Waals surface area (Å²) in [5.41, 5.74) is 2.58. The number of carbonyl (C=O) groups is 1. The van der Waals surface area contributed by atoms with E-state index in [9.17, 15) is 18.0 Å². The number of halogens is 3. The zero-order valence-corrected chi connectivity index (χ0v) is 20.0. The Kier molecular flexibility index (Phi) is 6.40. The molecule has 0 aliphatic rings. The molecule has 5 aromatic rings. The lowest BCUT2D eigenvalue weighted by atomic mass is 10.1. The van der Waals surface area contributed by atoms with Crippen LogP contribution in [0.25, 0.3) is 16.9 Å². The van der Waals surface area contributed by atoms with Crippen molar-refractivity contribution < 1.29 is 18.0 Å². The fraction of sp³-hybridized carbons (Fsp3) is 0.0800. The minimum absolute atomic E-state index is 0.0264. The summed E-state index contributed by atoms with van der Waals surface area (Å²) in [6.45, 7) is 1.87. The lowest BCUT2D eigenvalue weighted by Crippen LogP contribution is -2.14. The summed E-state index contributed by atoms with van der Waals surface area (Å²) in [7, 11) is 0. The molecule has 0 saturated heterocycles. The molecule has 2 N–H and O–H groups in total. The van der Waals surface area contributed by atoms with Gasteiger partial charge >= 0.3 is 6.18 Å². The second-order valence-corrected chi connectivity index (χ2v) is 8.85. The van der Waals surface area contributed by atoms with Crippen LogP contribution in [0.2, 0.25) is 0 Å². The van der Waals surface area contributed by atoms with Crippen molar-refractivity contribution in [1.29, 1.82) is 0 Å². The lowest BCUT2D eigenvalue weighted by Gasteiger charge is -2.14. The van der Waals surface area contributed by atoms with Gasteiger partial charge in [0.2, 0.25) is 0 Å². The minimum Gasteiger partial charge on any atom is -0.331 e. The van der Waals surface area contributed by atoms with Crippen LogP contribution in [0.5, 0.6) is 0 Å². The maximum Gasteiger partial charge on any atom is 0.416 e. The number of aryl methyl sites for hydroxylation is 1. The number of nitrogens with zero attached hydrogens (tertiary/aromatic N) is 5. The van der Waals surface area contributed by atoms with Crippen LogP contribution in [0.4, 0.5) is 29.7 Å². The molecule has 5 rings (SSSR count). The Morgan fingerprint density at radius 3 is 2.68 bits per heavy atom. The first-order valence-corrected chi connectivity index (χ1v) is 11.8. The standard InChI is InChI=1S/C25H18F3N7OS/c1-15-4-5-16(7-21(15)33-24-34-22(12-37-24)17-3-2-6-29-11-17)23(36)32-19-8-18(25(26,27)28)9-20(10-19)35-14-30-13-31-35/h2-14H,1H3,(H,32,36)(H,33,34). The second kappa shape index (κ2) is 9.82. The summed E-state index contributed by atoms with van der Waals surface area (Å²) in [5.74, 6) is -0.567. The SMILES string of the molecule is Cc1ccc(C(=O)Nc2cc(-n3cncn3)cc(C(F)(F)F)c2)cc1Nc1nc(-c2cccnc2)cs1.